The van der Waals surface area contributed by atoms with Gasteiger partial charge in [0, 0.05) is 19.0 Å². The van der Waals surface area contributed by atoms with Gasteiger partial charge in [-0.1, -0.05) is 0 Å². The standard InChI is InChI=1S/C12H16N4O3/c1-19-12(18)9-4-3-8(13)11(16-9)14-6-7-2-5-10(17)15-7/h3-4,7H,2,5-6,13H2,1H3,(H,14,16)(H,15,17). The minimum absolute atomic E-state index is 0.0519. The number of hydrogen-bond donors (Lipinski definition) is 3. The second kappa shape index (κ2) is 5.55. The number of hydrogen-bond acceptors (Lipinski definition) is 6. The zero-order valence-electron chi connectivity index (χ0n) is 10.6. The third-order valence-electron chi connectivity index (χ3n) is 2.92. The van der Waals surface area contributed by atoms with Gasteiger partial charge in [-0.2, -0.15) is 0 Å². The first-order chi connectivity index (χ1) is 9.10. The molecule has 1 aromatic heterocycles. The van der Waals surface area contributed by atoms with E-state index in [-0.39, 0.29) is 17.6 Å². The molecule has 7 nitrogen and oxygen atoms in total. The molecule has 1 fully saturated rings. The second-order valence-corrected chi connectivity index (χ2v) is 4.31. The molecular formula is C12H16N4O3. The molecule has 1 saturated heterocycles. The number of ether oxygens (including phenoxy) is 1. The first-order valence-electron chi connectivity index (χ1n) is 5.98. The van der Waals surface area contributed by atoms with Crippen molar-refractivity contribution in [2.24, 2.45) is 0 Å². The smallest absolute Gasteiger partial charge is 0.356 e. The summed E-state index contributed by atoms with van der Waals surface area (Å²) >= 11 is 0. The minimum Gasteiger partial charge on any atom is -0.464 e. The van der Waals surface area contributed by atoms with Crippen molar-refractivity contribution in [1.29, 1.82) is 0 Å². The predicted octanol–water partition coefficient (Wildman–Crippen LogP) is 0.141. The van der Waals surface area contributed by atoms with Crippen molar-refractivity contribution in [2.75, 3.05) is 24.7 Å². The molecule has 1 atom stereocenters. The normalized spacial score (nSPS) is 17.9. The molecule has 4 N–H and O–H groups in total. The number of esters is 1. The Morgan fingerprint density at radius 2 is 2.42 bits per heavy atom. The van der Waals surface area contributed by atoms with E-state index in [1.54, 1.807) is 6.07 Å². The Labute approximate surface area is 110 Å². The summed E-state index contributed by atoms with van der Waals surface area (Å²) in [5.74, 6) is -0.0442. The highest BCUT2D eigenvalue weighted by molar-refractivity contribution is 5.88. The van der Waals surface area contributed by atoms with Crippen molar-refractivity contribution in [1.82, 2.24) is 10.3 Å². The van der Waals surface area contributed by atoms with Gasteiger partial charge < -0.3 is 21.1 Å². The van der Waals surface area contributed by atoms with Crippen molar-refractivity contribution < 1.29 is 14.3 Å². The zero-order valence-corrected chi connectivity index (χ0v) is 10.6. The fraction of sp³-hybridized carbons (Fsp3) is 0.417. The van der Waals surface area contributed by atoms with Crippen molar-refractivity contribution in [3.05, 3.63) is 17.8 Å². The van der Waals surface area contributed by atoms with E-state index in [0.29, 0.717) is 24.5 Å². The average Bonchev–Trinajstić information content (AvgIpc) is 2.82. The van der Waals surface area contributed by atoms with Gasteiger partial charge in [0.15, 0.2) is 5.69 Å². The lowest BCUT2D eigenvalue weighted by molar-refractivity contribution is -0.119. The van der Waals surface area contributed by atoms with E-state index in [4.69, 9.17) is 5.73 Å². The number of aromatic nitrogens is 1. The van der Waals surface area contributed by atoms with Gasteiger partial charge in [-0.3, -0.25) is 4.79 Å². The number of pyridine rings is 1. The van der Waals surface area contributed by atoms with E-state index in [2.05, 4.69) is 20.4 Å². The van der Waals surface area contributed by atoms with Gasteiger partial charge in [-0.25, -0.2) is 9.78 Å². The molecule has 1 amide bonds. The van der Waals surface area contributed by atoms with Gasteiger partial charge >= 0.3 is 5.97 Å². The molecule has 2 heterocycles. The molecule has 7 heteroatoms. The number of nitrogens with two attached hydrogens (primary N) is 1. The number of carbonyl (C=O) groups is 2. The number of carbonyl (C=O) groups excluding carboxylic acids is 2. The summed E-state index contributed by atoms with van der Waals surface area (Å²) in [7, 11) is 1.29. The number of rotatable bonds is 4. The lowest BCUT2D eigenvalue weighted by atomic mass is 10.2. The van der Waals surface area contributed by atoms with Crippen LogP contribution in [-0.2, 0) is 9.53 Å². The van der Waals surface area contributed by atoms with Crippen LogP contribution in [0.2, 0.25) is 0 Å². The topological polar surface area (TPSA) is 106 Å². The highest BCUT2D eigenvalue weighted by Crippen LogP contribution is 2.17. The van der Waals surface area contributed by atoms with Gasteiger partial charge in [0.1, 0.15) is 5.82 Å². The maximum absolute atomic E-state index is 11.4. The van der Waals surface area contributed by atoms with Gasteiger partial charge in [-0.15, -0.1) is 0 Å². The summed E-state index contributed by atoms with van der Waals surface area (Å²) in [6.45, 7) is 0.521. The maximum Gasteiger partial charge on any atom is 0.356 e. The van der Waals surface area contributed by atoms with Crippen LogP contribution in [0, 0.1) is 0 Å². The van der Waals surface area contributed by atoms with Crippen LogP contribution in [0.1, 0.15) is 23.3 Å². The summed E-state index contributed by atoms with van der Waals surface area (Å²) in [6, 6.07) is 3.16. The van der Waals surface area contributed by atoms with Gasteiger partial charge in [-0.05, 0) is 18.6 Å². The van der Waals surface area contributed by atoms with Crippen LogP contribution in [0.4, 0.5) is 11.5 Å². The Morgan fingerprint density at radius 3 is 3.05 bits per heavy atom. The first kappa shape index (κ1) is 13.1. The molecule has 0 bridgehead atoms. The molecule has 0 aromatic carbocycles. The Hall–Kier alpha value is -2.31. The number of methoxy groups -OCH3 is 1. The van der Waals surface area contributed by atoms with Gasteiger partial charge in [0.2, 0.25) is 5.91 Å². The van der Waals surface area contributed by atoms with Crippen molar-refractivity contribution in [3.8, 4) is 0 Å². The van der Waals surface area contributed by atoms with E-state index in [1.165, 1.54) is 13.2 Å². The summed E-state index contributed by atoms with van der Waals surface area (Å²) in [5, 5.41) is 5.87. The SMILES string of the molecule is COC(=O)c1ccc(N)c(NCC2CCC(=O)N2)n1. The van der Waals surface area contributed by atoms with Crippen molar-refractivity contribution in [3.63, 3.8) is 0 Å². The summed E-state index contributed by atoms with van der Waals surface area (Å²) in [5.41, 5.74) is 6.41. The minimum atomic E-state index is -0.516. The van der Waals surface area contributed by atoms with Crippen LogP contribution in [0.5, 0.6) is 0 Å². The third-order valence-corrected chi connectivity index (χ3v) is 2.92. The number of nitrogen functional groups attached to an aromatic ring is 1. The molecule has 1 aromatic rings. The molecule has 1 unspecified atom stereocenters. The van der Waals surface area contributed by atoms with E-state index >= 15 is 0 Å². The lowest BCUT2D eigenvalue weighted by Crippen LogP contribution is -2.32. The molecule has 0 spiro atoms. The summed E-state index contributed by atoms with van der Waals surface area (Å²) in [6.07, 6.45) is 1.32. The molecule has 0 aliphatic carbocycles. The molecule has 1 aliphatic heterocycles. The highest BCUT2D eigenvalue weighted by Gasteiger charge is 2.20. The average molecular weight is 264 g/mol. The van der Waals surface area contributed by atoms with Gasteiger partial charge in [0.05, 0.1) is 12.8 Å². The fourth-order valence-electron chi connectivity index (χ4n) is 1.88. The summed E-state index contributed by atoms with van der Waals surface area (Å²) in [4.78, 5) is 26.5. The molecule has 2 rings (SSSR count). The van der Waals surface area contributed by atoms with Crippen LogP contribution < -0.4 is 16.4 Å². The largest absolute Gasteiger partial charge is 0.464 e. The Bertz CT molecular complexity index is 504. The summed E-state index contributed by atoms with van der Waals surface area (Å²) < 4.78 is 4.60. The van der Waals surface area contributed by atoms with E-state index < -0.39 is 5.97 Å². The fourth-order valence-corrected chi connectivity index (χ4v) is 1.88. The Kier molecular flexibility index (Phi) is 3.84. The Morgan fingerprint density at radius 1 is 1.63 bits per heavy atom. The first-order valence-corrected chi connectivity index (χ1v) is 5.98. The van der Waals surface area contributed by atoms with E-state index in [9.17, 15) is 9.59 Å². The number of amides is 1. The number of nitrogens with zero attached hydrogens (tertiary/aromatic N) is 1. The molecule has 0 saturated carbocycles. The molecule has 0 radical (unpaired) electrons. The third kappa shape index (κ3) is 3.12. The maximum atomic E-state index is 11.4. The Balaban J connectivity index is 2.02. The van der Waals surface area contributed by atoms with Gasteiger partial charge in [0.25, 0.3) is 0 Å². The zero-order chi connectivity index (χ0) is 13.8. The second-order valence-electron chi connectivity index (χ2n) is 4.31. The quantitative estimate of drug-likeness (QED) is 0.668. The van der Waals surface area contributed by atoms with Crippen LogP contribution in [-0.4, -0.2) is 36.6 Å². The van der Waals surface area contributed by atoms with Crippen LogP contribution in [0.15, 0.2) is 12.1 Å². The van der Waals surface area contributed by atoms with Crippen molar-refractivity contribution >= 4 is 23.4 Å². The van der Waals surface area contributed by atoms with Crippen LogP contribution in [0.3, 0.4) is 0 Å². The molecule has 19 heavy (non-hydrogen) atoms. The highest BCUT2D eigenvalue weighted by atomic mass is 16.5. The number of anilines is 2. The number of nitrogens with one attached hydrogen (secondary N) is 2. The van der Waals surface area contributed by atoms with Crippen LogP contribution >= 0.6 is 0 Å². The molecule has 102 valence electrons. The lowest BCUT2D eigenvalue weighted by Gasteiger charge is -2.13. The van der Waals surface area contributed by atoms with Crippen molar-refractivity contribution in [2.45, 2.75) is 18.9 Å². The monoisotopic (exact) mass is 264 g/mol. The van der Waals surface area contributed by atoms with E-state index in [1.807, 2.05) is 0 Å². The predicted molar refractivity (Wildman–Crippen MR) is 69.6 cm³/mol. The van der Waals surface area contributed by atoms with Crippen LogP contribution in [0.25, 0.3) is 0 Å². The molecule has 1 aliphatic rings. The van der Waals surface area contributed by atoms with E-state index in [0.717, 1.165) is 6.42 Å². The molecular weight excluding hydrogens is 248 g/mol.